The molecule has 0 rings (SSSR count). The highest BCUT2D eigenvalue weighted by atomic mass is 19.4. The van der Waals surface area contributed by atoms with Crippen LogP contribution in [-0.4, -0.2) is 42.0 Å². The molecule has 8 heteroatoms. The molecule has 96 valence electrons. The average molecular weight is 243 g/mol. The third kappa shape index (κ3) is 5.76. The summed E-state index contributed by atoms with van der Waals surface area (Å²) in [4.78, 5) is 0. The number of rotatable bonds is 7. The largest absolute Gasteiger partial charge is 0.409 e. The lowest BCUT2D eigenvalue weighted by molar-refractivity contribution is -0.154. The van der Waals surface area contributed by atoms with E-state index in [1.807, 2.05) is 0 Å². The van der Waals surface area contributed by atoms with Crippen LogP contribution in [0.1, 0.15) is 12.8 Å². The topological polar surface area (TPSA) is 90.9 Å². The molecule has 0 aliphatic heterocycles. The molecule has 0 fully saturated rings. The van der Waals surface area contributed by atoms with Gasteiger partial charge in [0.25, 0.3) is 0 Å². The fourth-order valence-electron chi connectivity index (χ4n) is 1.07. The highest BCUT2D eigenvalue weighted by Gasteiger charge is 2.42. The number of nitrogens with one attached hydrogen (secondary N) is 1. The minimum Gasteiger partial charge on any atom is -0.409 e. The minimum absolute atomic E-state index is 0.00458. The maximum absolute atomic E-state index is 12.4. The zero-order chi connectivity index (χ0) is 12.6. The molecule has 5 N–H and O–H groups in total. The number of hydrogen-bond donors (Lipinski definition) is 4. The van der Waals surface area contributed by atoms with Crippen LogP contribution in [0.25, 0.3) is 0 Å². The summed E-state index contributed by atoms with van der Waals surface area (Å²) in [7, 11) is 0. The molecule has 0 aliphatic rings. The van der Waals surface area contributed by atoms with E-state index in [0.29, 0.717) is 19.4 Å². The van der Waals surface area contributed by atoms with Crippen molar-refractivity contribution in [2.24, 2.45) is 16.8 Å². The summed E-state index contributed by atoms with van der Waals surface area (Å²) in [6, 6.07) is 0. The number of aliphatic hydroxyl groups is 1. The van der Waals surface area contributed by atoms with Crippen LogP contribution in [0.5, 0.6) is 0 Å². The molecule has 0 aliphatic carbocycles. The predicted molar refractivity (Wildman–Crippen MR) is 52.1 cm³/mol. The first-order chi connectivity index (χ1) is 7.43. The molecule has 1 atom stereocenters. The number of alkyl halides is 3. The summed E-state index contributed by atoms with van der Waals surface area (Å²) in [6.45, 7) is -0.0959. The quantitative estimate of drug-likeness (QED) is 0.170. The molecular formula is C8H16F3N3O2. The second-order valence-electron chi connectivity index (χ2n) is 3.25. The smallest absolute Gasteiger partial charge is 0.400 e. The zero-order valence-corrected chi connectivity index (χ0v) is 8.67. The summed E-state index contributed by atoms with van der Waals surface area (Å²) in [5.41, 5.74) is 4.94. The number of oxime groups is 1. The molecular weight excluding hydrogens is 227 g/mol. The normalized spacial score (nSPS) is 15.1. The van der Waals surface area contributed by atoms with E-state index in [4.69, 9.17) is 16.0 Å². The van der Waals surface area contributed by atoms with Crippen molar-refractivity contribution in [2.75, 3.05) is 19.7 Å². The molecule has 5 nitrogen and oxygen atoms in total. The van der Waals surface area contributed by atoms with Gasteiger partial charge in [0.05, 0.1) is 0 Å². The van der Waals surface area contributed by atoms with Gasteiger partial charge in [-0.2, -0.15) is 13.2 Å². The van der Waals surface area contributed by atoms with Crippen LogP contribution in [0.15, 0.2) is 5.16 Å². The number of nitrogens with two attached hydrogens (primary N) is 1. The summed E-state index contributed by atoms with van der Waals surface area (Å²) in [5.74, 6) is -2.85. The maximum atomic E-state index is 12.4. The van der Waals surface area contributed by atoms with Crippen LogP contribution in [0.3, 0.4) is 0 Å². The summed E-state index contributed by atoms with van der Waals surface area (Å²) in [6.07, 6.45) is -3.45. The Balaban J connectivity index is 4.05. The van der Waals surface area contributed by atoms with E-state index in [1.165, 1.54) is 0 Å². The van der Waals surface area contributed by atoms with Gasteiger partial charge >= 0.3 is 6.18 Å². The van der Waals surface area contributed by atoms with Crippen LogP contribution in [0, 0.1) is 5.92 Å². The lowest BCUT2D eigenvalue weighted by atomic mass is 10.1. The standard InChI is InChI=1S/C8H16F3N3O2/c9-8(10,11)6(7(12)14-16)5-13-3-1-2-4-15/h6,13,15-16H,1-5H2,(H2,12,14). The zero-order valence-electron chi connectivity index (χ0n) is 8.67. The summed E-state index contributed by atoms with van der Waals surface area (Å²) >= 11 is 0. The first-order valence-electron chi connectivity index (χ1n) is 4.79. The minimum atomic E-state index is -4.54. The molecule has 0 saturated heterocycles. The van der Waals surface area contributed by atoms with Crippen LogP contribution in [-0.2, 0) is 0 Å². The highest BCUT2D eigenvalue weighted by molar-refractivity contribution is 5.83. The van der Waals surface area contributed by atoms with Crippen LogP contribution >= 0.6 is 0 Å². The molecule has 0 bridgehead atoms. The Hall–Kier alpha value is -1.02. The summed E-state index contributed by atoms with van der Waals surface area (Å²) < 4.78 is 37.1. The number of hydrogen-bond acceptors (Lipinski definition) is 4. The molecule has 1 unspecified atom stereocenters. The Kier molecular flexibility index (Phi) is 6.82. The maximum Gasteiger partial charge on any atom is 0.400 e. The van der Waals surface area contributed by atoms with Crippen LogP contribution < -0.4 is 11.1 Å². The fraction of sp³-hybridized carbons (Fsp3) is 0.875. The van der Waals surface area contributed by atoms with Gasteiger partial charge in [-0.3, -0.25) is 0 Å². The first kappa shape index (κ1) is 15.0. The van der Waals surface area contributed by atoms with Crippen molar-refractivity contribution < 1.29 is 23.5 Å². The highest BCUT2D eigenvalue weighted by Crippen LogP contribution is 2.25. The third-order valence-corrected chi connectivity index (χ3v) is 1.98. The van der Waals surface area contributed by atoms with Gasteiger partial charge in [0.2, 0.25) is 0 Å². The second kappa shape index (κ2) is 7.29. The lowest BCUT2D eigenvalue weighted by Gasteiger charge is -2.19. The number of nitrogens with zero attached hydrogens (tertiary/aromatic N) is 1. The summed E-state index contributed by atoms with van der Waals surface area (Å²) in [5, 5.41) is 21.6. The van der Waals surface area contributed by atoms with Crippen molar-refractivity contribution in [3.8, 4) is 0 Å². The SMILES string of the molecule is NC(=NO)C(CNCCCCO)C(F)(F)F. The van der Waals surface area contributed by atoms with E-state index >= 15 is 0 Å². The molecule has 16 heavy (non-hydrogen) atoms. The van der Waals surface area contributed by atoms with Gasteiger partial charge in [-0.1, -0.05) is 5.16 Å². The van der Waals surface area contributed by atoms with Gasteiger partial charge in [0, 0.05) is 13.2 Å². The van der Waals surface area contributed by atoms with Gasteiger partial charge in [0.1, 0.15) is 5.92 Å². The molecule has 0 heterocycles. The fourth-order valence-corrected chi connectivity index (χ4v) is 1.07. The third-order valence-electron chi connectivity index (χ3n) is 1.98. The van der Waals surface area contributed by atoms with Gasteiger partial charge in [-0.25, -0.2) is 0 Å². The monoisotopic (exact) mass is 243 g/mol. The Labute approximate surface area is 91.1 Å². The van der Waals surface area contributed by atoms with E-state index in [0.717, 1.165) is 0 Å². The Morgan fingerprint density at radius 3 is 2.44 bits per heavy atom. The van der Waals surface area contributed by atoms with E-state index in [2.05, 4.69) is 10.5 Å². The lowest BCUT2D eigenvalue weighted by Crippen LogP contribution is -2.43. The van der Waals surface area contributed by atoms with Gasteiger partial charge in [-0.05, 0) is 19.4 Å². The molecule has 0 aromatic carbocycles. The second-order valence-corrected chi connectivity index (χ2v) is 3.25. The van der Waals surface area contributed by atoms with E-state index in [1.54, 1.807) is 0 Å². The van der Waals surface area contributed by atoms with E-state index in [-0.39, 0.29) is 6.61 Å². The van der Waals surface area contributed by atoms with Crippen molar-refractivity contribution in [1.29, 1.82) is 0 Å². The van der Waals surface area contributed by atoms with Crippen molar-refractivity contribution in [1.82, 2.24) is 5.32 Å². The van der Waals surface area contributed by atoms with E-state index < -0.39 is 24.5 Å². The number of aliphatic hydroxyl groups excluding tert-OH is 1. The predicted octanol–water partition coefficient (Wildman–Crippen LogP) is 0.273. The average Bonchev–Trinajstić information content (AvgIpc) is 2.20. The van der Waals surface area contributed by atoms with Crippen LogP contribution in [0.2, 0.25) is 0 Å². The number of halogens is 3. The van der Waals surface area contributed by atoms with Gasteiger partial charge in [-0.15, -0.1) is 0 Å². The number of amidine groups is 1. The Morgan fingerprint density at radius 1 is 1.38 bits per heavy atom. The molecule has 0 radical (unpaired) electrons. The Bertz CT molecular complexity index is 221. The van der Waals surface area contributed by atoms with Crippen molar-refractivity contribution in [3.63, 3.8) is 0 Å². The molecule has 0 amide bonds. The van der Waals surface area contributed by atoms with E-state index in [9.17, 15) is 13.2 Å². The first-order valence-corrected chi connectivity index (χ1v) is 4.79. The van der Waals surface area contributed by atoms with Crippen LogP contribution in [0.4, 0.5) is 13.2 Å². The van der Waals surface area contributed by atoms with Gasteiger partial charge in [0.15, 0.2) is 5.84 Å². The number of unbranched alkanes of at least 4 members (excludes halogenated alkanes) is 1. The van der Waals surface area contributed by atoms with Crippen molar-refractivity contribution in [2.45, 2.75) is 19.0 Å². The van der Waals surface area contributed by atoms with Crippen molar-refractivity contribution in [3.05, 3.63) is 0 Å². The molecule has 0 aromatic heterocycles. The molecule has 0 spiro atoms. The molecule has 0 saturated carbocycles. The Morgan fingerprint density at radius 2 is 2.00 bits per heavy atom. The van der Waals surface area contributed by atoms with Gasteiger partial charge < -0.3 is 21.4 Å². The molecule has 0 aromatic rings. The van der Waals surface area contributed by atoms with Crippen molar-refractivity contribution >= 4 is 5.84 Å².